The minimum absolute atomic E-state index is 0.340. The normalized spacial score (nSPS) is 27.7. The van der Waals surface area contributed by atoms with Crippen molar-refractivity contribution in [1.29, 1.82) is 0 Å². The first-order valence-electron chi connectivity index (χ1n) is 6.66. The number of rotatable bonds is 3. The van der Waals surface area contributed by atoms with Crippen LogP contribution in [-0.4, -0.2) is 66.2 Å². The molecule has 0 spiro atoms. The lowest BCUT2D eigenvalue weighted by atomic mass is 9.84. The summed E-state index contributed by atoms with van der Waals surface area (Å²) < 4.78 is 0. The van der Waals surface area contributed by atoms with Gasteiger partial charge in [0.15, 0.2) is 6.61 Å². The van der Waals surface area contributed by atoms with Crippen LogP contribution in [0.1, 0.15) is 19.3 Å². The van der Waals surface area contributed by atoms with Crippen LogP contribution in [0.15, 0.2) is 0 Å². The van der Waals surface area contributed by atoms with Crippen LogP contribution in [0.5, 0.6) is 0 Å². The monoisotopic (exact) mass is 271 g/mol. The largest absolute Gasteiger partial charge is 0.479 e. The molecule has 0 aromatic rings. The third kappa shape index (κ3) is 3.57. The van der Waals surface area contributed by atoms with Crippen LogP contribution in [0.4, 0.5) is 4.79 Å². The molecule has 0 bridgehead atoms. The number of likely N-dealkylation sites (tertiary alicyclic amines) is 2. The summed E-state index contributed by atoms with van der Waals surface area (Å²) >= 11 is 0. The van der Waals surface area contributed by atoms with Gasteiger partial charge < -0.3 is 14.9 Å². The lowest BCUT2D eigenvalue weighted by Crippen LogP contribution is -2.55. The fraction of sp³-hybridized carbons (Fsp3) is 0.833. The Hall–Kier alpha value is -1.34. The SMILES string of the molecule is CN1CCCC2CN(C(=O)NOCC(=O)O)CCC21. The lowest BCUT2D eigenvalue weighted by molar-refractivity contribution is -0.144. The fourth-order valence-electron chi connectivity index (χ4n) is 3.06. The predicted octanol–water partition coefficient (Wildman–Crippen LogP) is 0.128. The Kier molecular flexibility index (Phi) is 4.60. The number of nitrogens with zero attached hydrogens (tertiary/aromatic N) is 2. The van der Waals surface area contributed by atoms with Crippen LogP contribution in [0.2, 0.25) is 0 Å². The van der Waals surface area contributed by atoms with Crippen LogP contribution >= 0.6 is 0 Å². The Morgan fingerprint density at radius 3 is 2.89 bits per heavy atom. The molecule has 2 heterocycles. The molecule has 0 saturated carbocycles. The van der Waals surface area contributed by atoms with Crippen molar-refractivity contribution in [2.24, 2.45) is 5.92 Å². The summed E-state index contributed by atoms with van der Waals surface area (Å²) in [6.07, 6.45) is 3.28. The minimum atomic E-state index is -1.10. The van der Waals surface area contributed by atoms with E-state index in [1.807, 2.05) is 0 Å². The third-order valence-corrected chi connectivity index (χ3v) is 3.99. The summed E-state index contributed by atoms with van der Waals surface area (Å²) in [6.45, 7) is 2.02. The van der Waals surface area contributed by atoms with E-state index in [1.165, 1.54) is 6.42 Å². The number of piperidine rings is 2. The van der Waals surface area contributed by atoms with Crippen molar-refractivity contribution in [2.75, 3.05) is 33.3 Å². The minimum Gasteiger partial charge on any atom is -0.479 e. The summed E-state index contributed by atoms with van der Waals surface area (Å²) in [5.74, 6) is -0.592. The Bertz CT molecular complexity index is 350. The van der Waals surface area contributed by atoms with Crippen molar-refractivity contribution >= 4 is 12.0 Å². The van der Waals surface area contributed by atoms with Gasteiger partial charge in [-0.05, 0) is 38.8 Å². The number of amides is 2. The van der Waals surface area contributed by atoms with E-state index in [0.717, 1.165) is 25.9 Å². The van der Waals surface area contributed by atoms with E-state index in [-0.39, 0.29) is 6.03 Å². The van der Waals surface area contributed by atoms with Gasteiger partial charge >= 0.3 is 12.0 Å². The van der Waals surface area contributed by atoms with E-state index in [1.54, 1.807) is 4.90 Å². The molecule has 2 amide bonds. The van der Waals surface area contributed by atoms with Crippen molar-refractivity contribution in [1.82, 2.24) is 15.3 Å². The number of carboxylic acids is 1. The molecule has 0 aromatic carbocycles. The standard InChI is InChI=1S/C12H21N3O4/c1-14-5-2-3-9-7-15(6-4-10(9)14)12(18)13-19-8-11(16)17/h9-10H,2-8H2,1H3,(H,13,18)(H,16,17). The smallest absolute Gasteiger partial charge is 0.341 e. The highest BCUT2D eigenvalue weighted by Crippen LogP contribution is 2.29. The molecule has 2 unspecified atom stereocenters. The number of hydrogen-bond acceptors (Lipinski definition) is 4. The predicted molar refractivity (Wildman–Crippen MR) is 67.5 cm³/mol. The van der Waals surface area contributed by atoms with Gasteiger partial charge in [-0.15, -0.1) is 0 Å². The summed E-state index contributed by atoms with van der Waals surface area (Å²) in [4.78, 5) is 30.8. The molecule has 7 heteroatoms. The first-order valence-corrected chi connectivity index (χ1v) is 6.66. The zero-order valence-electron chi connectivity index (χ0n) is 11.2. The second kappa shape index (κ2) is 6.21. The fourth-order valence-corrected chi connectivity index (χ4v) is 3.06. The van der Waals surface area contributed by atoms with Gasteiger partial charge in [0.05, 0.1) is 0 Å². The number of hydroxylamine groups is 1. The maximum absolute atomic E-state index is 11.8. The van der Waals surface area contributed by atoms with Crippen LogP contribution in [0, 0.1) is 5.92 Å². The topological polar surface area (TPSA) is 82.1 Å². The van der Waals surface area contributed by atoms with E-state index in [9.17, 15) is 9.59 Å². The molecule has 2 fully saturated rings. The number of aliphatic carboxylic acids is 1. The van der Waals surface area contributed by atoms with E-state index in [0.29, 0.717) is 18.5 Å². The number of carbonyl (C=O) groups is 2. The Balaban J connectivity index is 1.79. The quantitative estimate of drug-likeness (QED) is 0.713. The molecular formula is C12H21N3O4. The van der Waals surface area contributed by atoms with Crippen molar-refractivity contribution in [3.05, 3.63) is 0 Å². The molecule has 2 aliphatic rings. The van der Waals surface area contributed by atoms with Crippen LogP contribution in [-0.2, 0) is 9.63 Å². The van der Waals surface area contributed by atoms with Gasteiger partial charge in [0, 0.05) is 19.1 Å². The third-order valence-electron chi connectivity index (χ3n) is 3.99. The molecule has 2 saturated heterocycles. The first-order chi connectivity index (χ1) is 9.08. The highest BCUT2D eigenvalue weighted by Gasteiger charge is 2.35. The number of hydrogen-bond donors (Lipinski definition) is 2. The molecular weight excluding hydrogens is 250 g/mol. The number of carboxylic acid groups (broad SMARTS) is 1. The Morgan fingerprint density at radius 2 is 2.16 bits per heavy atom. The molecule has 108 valence electrons. The highest BCUT2D eigenvalue weighted by atomic mass is 16.7. The number of nitrogens with one attached hydrogen (secondary N) is 1. The summed E-state index contributed by atoms with van der Waals surface area (Å²) in [6, 6.07) is 0.227. The maximum atomic E-state index is 11.8. The number of urea groups is 1. The van der Waals surface area contributed by atoms with Crippen molar-refractivity contribution in [2.45, 2.75) is 25.3 Å². The van der Waals surface area contributed by atoms with Gasteiger partial charge in [-0.25, -0.2) is 15.1 Å². The zero-order chi connectivity index (χ0) is 13.8. The Labute approximate surface area is 112 Å². The Morgan fingerprint density at radius 1 is 1.37 bits per heavy atom. The van der Waals surface area contributed by atoms with Crippen molar-refractivity contribution in [3.63, 3.8) is 0 Å². The molecule has 2 aliphatic heterocycles. The van der Waals surface area contributed by atoms with E-state index in [4.69, 9.17) is 5.11 Å². The van der Waals surface area contributed by atoms with Gasteiger partial charge in [0.2, 0.25) is 0 Å². The van der Waals surface area contributed by atoms with Gasteiger partial charge in [0.1, 0.15) is 0 Å². The van der Waals surface area contributed by atoms with Crippen LogP contribution in [0.3, 0.4) is 0 Å². The summed E-state index contributed by atoms with van der Waals surface area (Å²) in [7, 11) is 2.14. The van der Waals surface area contributed by atoms with Crippen LogP contribution in [0.25, 0.3) is 0 Å². The number of carbonyl (C=O) groups excluding carboxylic acids is 1. The maximum Gasteiger partial charge on any atom is 0.341 e. The first kappa shape index (κ1) is 14.1. The second-order valence-corrected chi connectivity index (χ2v) is 5.27. The van der Waals surface area contributed by atoms with E-state index >= 15 is 0 Å². The average molecular weight is 271 g/mol. The molecule has 0 aromatic heterocycles. The van der Waals surface area contributed by atoms with Gasteiger partial charge in [-0.3, -0.25) is 4.84 Å². The van der Waals surface area contributed by atoms with Gasteiger partial charge in [0.25, 0.3) is 0 Å². The van der Waals surface area contributed by atoms with Crippen LogP contribution < -0.4 is 5.48 Å². The zero-order valence-corrected chi connectivity index (χ0v) is 11.2. The summed E-state index contributed by atoms with van der Waals surface area (Å²) in [5.41, 5.74) is 2.18. The van der Waals surface area contributed by atoms with E-state index in [2.05, 4.69) is 22.3 Å². The molecule has 2 N–H and O–H groups in total. The average Bonchev–Trinajstić information content (AvgIpc) is 2.38. The van der Waals surface area contributed by atoms with Crippen molar-refractivity contribution in [3.8, 4) is 0 Å². The van der Waals surface area contributed by atoms with Gasteiger partial charge in [-0.1, -0.05) is 0 Å². The molecule has 0 radical (unpaired) electrons. The molecule has 19 heavy (non-hydrogen) atoms. The van der Waals surface area contributed by atoms with Gasteiger partial charge in [-0.2, -0.15) is 0 Å². The van der Waals surface area contributed by atoms with E-state index < -0.39 is 12.6 Å². The molecule has 2 atom stereocenters. The second-order valence-electron chi connectivity index (χ2n) is 5.27. The highest BCUT2D eigenvalue weighted by molar-refractivity contribution is 5.73. The van der Waals surface area contributed by atoms with Crippen molar-refractivity contribution < 1.29 is 19.5 Å². The molecule has 7 nitrogen and oxygen atoms in total. The number of fused-ring (bicyclic) bond motifs is 1. The molecule has 0 aliphatic carbocycles. The molecule has 2 rings (SSSR count). The lowest BCUT2D eigenvalue weighted by Gasteiger charge is -2.45. The summed E-state index contributed by atoms with van der Waals surface area (Å²) in [5, 5.41) is 8.42.